The molecule has 16 nitrogen and oxygen atoms in total. The van der Waals surface area contributed by atoms with Crippen LogP contribution in [0.15, 0.2) is 53.7 Å². The second-order valence-electron chi connectivity index (χ2n) is 7.68. The summed E-state index contributed by atoms with van der Waals surface area (Å²) in [6, 6.07) is 11.3. The minimum atomic E-state index is -4.67. The second-order valence-corrected chi connectivity index (χ2v) is 8.58. The van der Waals surface area contributed by atoms with Gasteiger partial charge < -0.3 is 42.0 Å². The molecule has 0 radical (unpaired) electrons. The maximum atomic E-state index is 10.6. The molecule has 0 amide bonds. The minimum absolute atomic E-state index is 0. The molecular weight excluding hydrogens is 586 g/mol. The lowest BCUT2D eigenvalue weighted by atomic mass is 10.1. The Labute approximate surface area is 242 Å². The third-order valence-electron chi connectivity index (χ3n) is 4.19. The highest BCUT2D eigenvalue weighted by molar-refractivity contribution is 7.79. The Morgan fingerprint density at radius 1 is 1.12 bits per heavy atom. The number of esters is 1. The van der Waals surface area contributed by atoms with Gasteiger partial charge in [0.05, 0.1) is 0 Å². The van der Waals surface area contributed by atoms with Crippen molar-refractivity contribution in [2.45, 2.75) is 13.3 Å². The van der Waals surface area contributed by atoms with Crippen molar-refractivity contribution in [2.75, 3.05) is 20.6 Å². The fourth-order valence-corrected chi connectivity index (χ4v) is 2.64. The average molecular weight is 620 g/mol. The largest absolute Gasteiger partial charge is 0.508 e. The number of aromatic amines is 1. The smallest absolute Gasteiger partial charge is 0.394 e. The number of carbonyl (C=O) groups is 2. The number of carboxylic acids is 1. The number of nitrogens with two attached hydrogens (primary N) is 3. The van der Waals surface area contributed by atoms with E-state index in [4.69, 9.17) is 45.2 Å². The lowest BCUT2D eigenvalue weighted by molar-refractivity contribution is -0.131. The zero-order valence-corrected chi connectivity index (χ0v) is 23.9. The molecule has 0 atom stereocenters. The van der Waals surface area contributed by atoms with Crippen molar-refractivity contribution in [1.82, 2.24) is 9.88 Å². The monoisotopic (exact) mass is 619 g/mol. The van der Waals surface area contributed by atoms with E-state index in [0.29, 0.717) is 12.3 Å². The van der Waals surface area contributed by atoms with Gasteiger partial charge in [-0.25, -0.2) is 4.79 Å². The molecule has 1 aromatic heterocycles. The zero-order chi connectivity index (χ0) is 31.0. The highest BCUT2D eigenvalue weighted by atomic mass is 35.5. The number of fused-ring (bicyclic) bond motifs is 1. The van der Waals surface area contributed by atoms with Crippen LogP contribution in [-0.2, 0) is 21.6 Å². The van der Waals surface area contributed by atoms with Crippen LogP contribution in [-0.4, -0.2) is 82.1 Å². The van der Waals surface area contributed by atoms with Gasteiger partial charge in [-0.15, -0.1) is 12.4 Å². The Balaban J connectivity index is 0. The molecule has 3 rings (SSSR count). The average Bonchev–Trinajstić information content (AvgIpc) is 3.20. The number of benzene rings is 2. The van der Waals surface area contributed by atoms with Crippen molar-refractivity contribution in [1.29, 1.82) is 5.41 Å². The van der Waals surface area contributed by atoms with E-state index in [9.17, 15) is 14.7 Å². The zero-order valence-electron chi connectivity index (χ0n) is 22.3. The number of halogens is 1. The van der Waals surface area contributed by atoms with Crippen molar-refractivity contribution < 1.29 is 42.1 Å². The summed E-state index contributed by atoms with van der Waals surface area (Å²) in [5, 5.41) is 26.1. The SMILES string of the molecule is CC(=O)Oc1ccccc1C(=O)O.CN(C)C(=N)N=C(N)N.Cl.NCCc1c[nH]c2ccc(O)cc12.O=S(=O)(O)O. The Morgan fingerprint density at radius 3 is 2.12 bits per heavy atom. The normalized spacial score (nSPS) is 9.61. The van der Waals surface area contributed by atoms with Gasteiger partial charge in [-0.1, -0.05) is 12.1 Å². The number of ether oxygens (including phenoxy) is 1. The molecule has 41 heavy (non-hydrogen) atoms. The van der Waals surface area contributed by atoms with Crippen LogP contribution in [0, 0.1) is 5.41 Å². The van der Waals surface area contributed by atoms with Gasteiger partial charge in [0, 0.05) is 38.1 Å². The van der Waals surface area contributed by atoms with Crippen molar-refractivity contribution in [3.8, 4) is 11.5 Å². The van der Waals surface area contributed by atoms with E-state index in [2.05, 4.69) is 14.7 Å². The van der Waals surface area contributed by atoms with Crippen LogP contribution in [0.3, 0.4) is 0 Å². The van der Waals surface area contributed by atoms with Gasteiger partial charge in [0.1, 0.15) is 17.1 Å². The molecule has 12 N–H and O–H groups in total. The summed E-state index contributed by atoms with van der Waals surface area (Å²) < 4.78 is 36.3. The molecular formula is C23H34ClN7O9S. The van der Waals surface area contributed by atoms with Gasteiger partial charge in [0.2, 0.25) is 5.96 Å². The van der Waals surface area contributed by atoms with Crippen molar-refractivity contribution >= 4 is 57.6 Å². The second kappa shape index (κ2) is 18.8. The highest BCUT2D eigenvalue weighted by Gasteiger charge is 2.11. The van der Waals surface area contributed by atoms with Crippen molar-refractivity contribution in [3.05, 3.63) is 59.8 Å². The van der Waals surface area contributed by atoms with Gasteiger partial charge in [0.15, 0.2) is 5.96 Å². The van der Waals surface area contributed by atoms with E-state index < -0.39 is 22.3 Å². The fourth-order valence-electron chi connectivity index (χ4n) is 2.64. The summed E-state index contributed by atoms with van der Waals surface area (Å²) in [7, 11) is -1.29. The number of rotatable bonds is 4. The summed E-state index contributed by atoms with van der Waals surface area (Å²) in [5.41, 5.74) is 17.6. The molecule has 0 aliphatic rings. The Bertz CT molecular complexity index is 1420. The third-order valence-corrected chi connectivity index (χ3v) is 4.19. The standard InChI is InChI=1S/C10H12N2O.C9H8O4.C4H11N5.ClH.H2O4S/c11-4-3-7-6-12-10-2-1-8(13)5-9(7)10;1-6(10)13-8-5-3-2-4-7(8)9(11)12;1-9(2)4(7)8-3(5)6;;1-5(2,3)4/h1-2,5-6,12-13H,3-4,11H2;2-5H,1H3,(H,11,12);1-2H3,(H5,5,6,7,8);1H;(H2,1,2,3,4). The molecule has 2 aromatic carbocycles. The summed E-state index contributed by atoms with van der Waals surface area (Å²) >= 11 is 0. The molecule has 0 aliphatic heterocycles. The first kappa shape index (κ1) is 38.7. The number of para-hydroxylation sites is 1. The molecule has 0 spiro atoms. The maximum absolute atomic E-state index is 10.6. The molecule has 3 aromatic rings. The van der Waals surface area contributed by atoms with Crippen molar-refractivity contribution in [3.63, 3.8) is 0 Å². The summed E-state index contributed by atoms with van der Waals surface area (Å²) in [6.45, 7) is 1.85. The van der Waals surface area contributed by atoms with Gasteiger partial charge in [-0.3, -0.25) is 19.3 Å². The molecule has 0 aliphatic carbocycles. The third kappa shape index (κ3) is 17.7. The Kier molecular flexibility index (Phi) is 17.8. The van der Waals surface area contributed by atoms with Crippen LogP contribution in [0.5, 0.6) is 11.5 Å². The van der Waals surface area contributed by atoms with Crippen molar-refractivity contribution in [2.24, 2.45) is 22.2 Å². The predicted molar refractivity (Wildman–Crippen MR) is 156 cm³/mol. The summed E-state index contributed by atoms with van der Waals surface area (Å²) in [5.74, 6) is -1.32. The predicted octanol–water partition coefficient (Wildman–Crippen LogP) is 1.21. The van der Waals surface area contributed by atoms with Crippen LogP contribution in [0.2, 0.25) is 0 Å². The highest BCUT2D eigenvalue weighted by Crippen LogP contribution is 2.22. The van der Waals surface area contributed by atoms with Gasteiger partial charge in [0.25, 0.3) is 0 Å². The number of hydrogen-bond acceptors (Lipinski definition) is 8. The Hall–Kier alpha value is -4.42. The number of H-pyrrole nitrogens is 1. The van der Waals surface area contributed by atoms with Gasteiger partial charge in [-0.05, 0) is 48.9 Å². The fraction of sp³-hybridized carbons (Fsp3) is 0.217. The van der Waals surface area contributed by atoms with Crippen LogP contribution in [0.1, 0.15) is 22.8 Å². The summed E-state index contributed by atoms with van der Waals surface area (Å²) in [6.07, 6.45) is 2.78. The number of aromatic nitrogens is 1. The number of guanidine groups is 2. The number of aliphatic imine (C=N–C) groups is 1. The number of phenolic OH excluding ortho intramolecular Hbond substituents is 1. The molecule has 0 saturated carbocycles. The number of nitrogens with one attached hydrogen (secondary N) is 2. The quantitative estimate of drug-likeness (QED) is 0.0652. The van der Waals surface area contributed by atoms with E-state index in [1.54, 1.807) is 38.4 Å². The minimum Gasteiger partial charge on any atom is -0.508 e. The number of hydrogen-bond donors (Lipinski definition) is 9. The first-order valence-electron chi connectivity index (χ1n) is 11.0. The number of nitrogens with zero attached hydrogens (tertiary/aromatic N) is 2. The number of carbonyl (C=O) groups excluding carboxylic acids is 1. The number of carboxylic acid groups (broad SMARTS) is 1. The van der Waals surface area contributed by atoms with E-state index in [1.807, 2.05) is 12.3 Å². The molecule has 0 fully saturated rings. The van der Waals surface area contributed by atoms with Crippen LogP contribution < -0.4 is 21.9 Å². The molecule has 0 saturated heterocycles. The molecule has 0 unspecified atom stereocenters. The molecule has 1 heterocycles. The van der Waals surface area contributed by atoms with Gasteiger partial charge >= 0.3 is 22.3 Å². The van der Waals surface area contributed by atoms with Crippen LogP contribution in [0.4, 0.5) is 0 Å². The lowest BCUT2D eigenvalue weighted by Gasteiger charge is -2.07. The van der Waals surface area contributed by atoms with Crippen LogP contribution in [0.25, 0.3) is 10.9 Å². The first-order chi connectivity index (χ1) is 18.5. The summed E-state index contributed by atoms with van der Waals surface area (Å²) in [4.78, 5) is 29.3. The molecule has 0 bridgehead atoms. The topological polar surface area (TPSA) is 292 Å². The maximum Gasteiger partial charge on any atom is 0.394 e. The van der Waals surface area contributed by atoms with E-state index in [1.165, 1.54) is 24.0 Å². The number of aromatic hydroxyl groups is 1. The first-order valence-corrected chi connectivity index (χ1v) is 12.4. The Morgan fingerprint density at radius 2 is 1.68 bits per heavy atom. The lowest BCUT2D eigenvalue weighted by Crippen LogP contribution is -2.28. The number of phenols is 1. The van der Waals surface area contributed by atoms with Crippen LogP contribution >= 0.6 is 12.4 Å². The number of aromatic carboxylic acids is 1. The molecule has 228 valence electrons. The van der Waals surface area contributed by atoms with E-state index >= 15 is 0 Å². The molecule has 18 heteroatoms. The van der Waals surface area contributed by atoms with E-state index in [0.717, 1.165) is 22.9 Å². The van der Waals surface area contributed by atoms with E-state index in [-0.39, 0.29) is 35.6 Å². The van der Waals surface area contributed by atoms with Gasteiger partial charge in [-0.2, -0.15) is 13.4 Å².